The van der Waals surface area contributed by atoms with Crippen molar-refractivity contribution >= 4 is 11.4 Å². The van der Waals surface area contributed by atoms with E-state index in [0.717, 1.165) is 23.7 Å². The van der Waals surface area contributed by atoms with Crippen molar-refractivity contribution in [2.75, 3.05) is 24.6 Å². The van der Waals surface area contributed by atoms with Gasteiger partial charge < -0.3 is 11.5 Å². The summed E-state index contributed by atoms with van der Waals surface area (Å²) in [7, 11) is 0. The fraction of sp³-hybridized carbons (Fsp3) is 0.667. The fourth-order valence-corrected chi connectivity index (χ4v) is 4.78. The molecule has 1 heterocycles. The second-order valence-electron chi connectivity index (χ2n) is 7.77. The fourth-order valence-electron chi connectivity index (χ4n) is 4.78. The zero-order valence-electron chi connectivity index (χ0n) is 13.2. The standard InChI is InChI=1S/C18H27N3/c1-11-15-9-13-5-6-14(19)17(20)16(13)18(11,2)7-8-21(15)10-12-3-4-12/h5-6,11-12,15H,3-4,7-10,19-20H2,1-2H3/t11-,15-,18-/m1/s1. The molecule has 114 valence electrons. The van der Waals surface area contributed by atoms with Crippen molar-refractivity contribution < 1.29 is 0 Å². The Kier molecular flexibility index (Phi) is 2.81. The Bertz CT molecular complexity index is 578. The van der Waals surface area contributed by atoms with Crippen molar-refractivity contribution in [3.63, 3.8) is 0 Å². The number of likely N-dealkylation sites (tertiary alicyclic amines) is 1. The first-order valence-electron chi connectivity index (χ1n) is 8.42. The number of nitrogen functional groups attached to an aromatic ring is 2. The first-order valence-corrected chi connectivity index (χ1v) is 8.42. The molecule has 0 radical (unpaired) electrons. The third-order valence-corrected chi connectivity index (χ3v) is 6.52. The summed E-state index contributed by atoms with van der Waals surface area (Å²) in [6.45, 7) is 7.36. The highest BCUT2D eigenvalue weighted by molar-refractivity contribution is 5.72. The van der Waals surface area contributed by atoms with Crippen molar-refractivity contribution in [1.29, 1.82) is 0 Å². The van der Waals surface area contributed by atoms with Crippen LogP contribution in [0, 0.1) is 11.8 Å². The maximum atomic E-state index is 6.37. The molecule has 4 N–H and O–H groups in total. The highest BCUT2D eigenvalue weighted by Gasteiger charge is 2.49. The van der Waals surface area contributed by atoms with Gasteiger partial charge in [-0.15, -0.1) is 0 Å². The van der Waals surface area contributed by atoms with E-state index in [0.29, 0.717) is 12.0 Å². The van der Waals surface area contributed by atoms with Gasteiger partial charge in [0, 0.05) is 18.0 Å². The van der Waals surface area contributed by atoms with Gasteiger partial charge in [0.05, 0.1) is 11.4 Å². The van der Waals surface area contributed by atoms with E-state index in [2.05, 4.69) is 24.8 Å². The molecule has 3 nitrogen and oxygen atoms in total. The average Bonchev–Trinajstić information content (AvgIpc) is 3.25. The van der Waals surface area contributed by atoms with Crippen molar-refractivity contribution in [2.24, 2.45) is 11.8 Å². The summed E-state index contributed by atoms with van der Waals surface area (Å²) >= 11 is 0. The largest absolute Gasteiger partial charge is 0.397 e. The number of benzene rings is 1. The number of piperidine rings is 1. The van der Waals surface area contributed by atoms with E-state index >= 15 is 0 Å². The normalized spacial score (nSPS) is 35.5. The Labute approximate surface area is 127 Å². The molecule has 1 aromatic rings. The predicted octanol–water partition coefficient (Wildman–Crippen LogP) is 2.79. The molecule has 0 amide bonds. The first kappa shape index (κ1) is 13.4. The minimum atomic E-state index is 0.192. The number of nitrogens with two attached hydrogens (primary N) is 2. The van der Waals surface area contributed by atoms with Crippen LogP contribution in [0.4, 0.5) is 11.4 Å². The van der Waals surface area contributed by atoms with Crippen LogP contribution in [0.1, 0.15) is 44.2 Å². The topological polar surface area (TPSA) is 55.3 Å². The van der Waals surface area contributed by atoms with Crippen LogP contribution in [-0.4, -0.2) is 24.0 Å². The van der Waals surface area contributed by atoms with Gasteiger partial charge in [-0.05, 0) is 61.3 Å². The van der Waals surface area contributed by atoms with Gasteiger partial charge in [-0.1, -0.05) is 19.9 Å². The van der Waals surface area contributed by atoms with Crippen LogP contribution < -0.4 is 11.5 Å². The third-order valence-electron chi connectivity index (χ3n) is 6.52. The second kappa shape index (κ2) is 4.39. The van der Waals surface area contributed by atoms with E-state index in [1.807, 2.05) is 6.07 Å². The molecule has 2 bridgehead atoms. The molecule has 0 unspecified atom stereocenters. The van der Waals surface area contributed by atoms with Crippen molar-refractivity contribution in [3.8, 4) is 0 Å². The summed E-state index contributed by atoms with van der Waals surface area (Å²) in [5.74, 6) is 1.63. The molecule has 1 saturated carbocycles. The summed E-state index contributed by atoms with van der Waals surface area (Å²) in [4.78, 5) is 2.76. The van der Waals surface area contributed by atoms with Crippen molar-refractivity contribution in [3.05, 3.63) is 23.3 Å². The zero-order chi connectivity index (χ0) is 14.8. The predicted molar refractivity (Wildman–Crippen MR) is 88.2 cm³/mol. The van der Waals surface area contributed by atoms with Crippen molar-refractivity contribution in [1.82, 2.24) is 4.90 Å². The Morgan fingerprint density at radius 2 is 2.05 bits per heavy atom. The minimum Gasteiger partial charge on any atom is -0.397 e. The van der Waals surface area contributed by atoms with E-state index in [9.17, 15) is 0 Å². The van der Waals surface area contributed by atoms with Gasteiger partial charge in [-0.2, -0.15) is 0 Å². The number of rotatable bonds is 2. The number of anilines is 2. The average molecular weight is 285 g/mol. The molecule has 0 spiro atoms. The molecule has 2 aliphatic carbocycles. The number of hydrogen-bond donors (Lipinski definition) is 2. The lowest BCUT2D eigenvalue weighted by Crippen LogP contribution is -2.58. The van der Waals surface area contributed by atoms with Crippen LogP contribution in [0.2, 0.25) is 0 Å². The lowest BCUT2D eigenvalue weighted by molar-refractivity contribution is 0.0288. The molecule has 1 aromatic carbocycles. The smallest absolute Gasteiger partial charge is 0.0588 e. The molecule has 21 heavy (non-hydrogen) atoms. The molecule has 3 heteroatoms. The van der Waals surface area contributed by atoms with Crippen LogP contribution in [0.25, 0.3) is 0 Å². The lowest BCUT2D eigenvalue weighted by Gasteiger charge is -2.55. The van der Waals surface area contributed by atoms with Crippen LogP contribution in [0.15, 0.2) is 12.1 Å². The third kappa shape index (κ3) is 1.90. The summed E-state index contributed by atoms with van der Waals surface area (Å²) in [5, 5.41) is 0. The van der Waals surface area contributed by atoms with E-state index in [-0.39, 0.29) is 5.41 Å². The highest BCUT2D eigenvalue weighted by Crippen LogP contribution is 2.52. The second-order valence-corrected chi connectivity index (χ2v) is 7.77. The Morgan fingerprint density at radius 1 is 1.29 bits per heavy atom. The molecule has 4 rings (SSSR count). The van der Waals surface area contributed by atoms with Crippen LogP contribution in [0.5, 0.6) is 0 Å². The molecule has 3 aliphatic rings. The molecular weight excluding hydrogens is 258 g/mol. The van der Waals surface area contributed by atoms with Gasteiger partial charge in [0.2, 0.25) is 0 Å². The highest BCUT2D eigenvalue weighted by atomic mass is 15.2. The Balaban J connectivity index is 1.76. The summed E-state index contributed by atoms with van der Waals surface area (Å²) < 4.78 is 0. The van der Waals surface area contributed by atoms with Crippen molar-refractivity contribution in [2.45, 2.75) is 51.0 Å². The number of hydrogen-bond acceptors (Lipinski definition) is 3. The van der Waals surface area contributed by atoms with E-state index in [1.165, 1.54) is 43.5 Å². The van der Waals surface area contributed by atoms with E-state index < -0.39 is 0 Å². The van der Waals surface area contributed by atoms with Gasteiger partial charge in [-0.3, -0.25) is 4.90 Å². The van der Waals surface area contributed by atoms with Gasteiger partial charge in [0.25, 0.3) is 0 Å². The van der Waals surface area contributed by atoms with Crippen LogP contribution in [0.3, 0.4) is 0 Å². The molecular formula is C18H27N3. The quantitative estimate of drug-likeness (QED) is 0.822. The number of fused-ring (bicyclic) bond motifs is 4. The monoisotopic (exact) mass is 285 g/mol. The number of nitrogens with zero attached hydrogens (tertiary/aromatic N) is 1. The Morgan fingerprint density at radius 3 is 2.76 bits per heavy atom. The van der Waals surface area contributed by atoms with Crippen LogP contribution in [-0.2, 0) is 11.8 Å². The summed E-state index contributed by atoms with van der Waals surface area (Å²) in [6.07, 6.45) is 5.23. The summed E-state index contributed by atoms with van der Waals surface area (Å²) in [6, 6.07) is 4.90. The van der Waals surface area contributed by atoms with Crippen LogP contribution >= 0.6 is 0 Å². The summed E-state index contributed by atoms with van der Waals surface area (Å²) in [5.41, 5.74) is 17.0. The lowest BCUT2D eigenvalue weighted by atomic mass is 9.58. The first-order chi connectivity index (χ1) is 10.0. The Hall–Kier alpha value is -1.22. The van der Waals surface area contributed by atoms with E-state index in [1.54, 1.807) is 0 Å². The van der Waals surface area contributed by atoms with Gasteiger partial charge in [-0.25, -0.2) is 0 Å². The molecule has 2 fully saturated rings. The maximum Gasteiger partial charge on any atom is 0.0588 e. The van der Waals surface area contributed by atoms with E-state index in [4.69, 9.17) is 11.5 Å². The minimum absolute atomic E-state index is 0.192. The van der Waals surface area contributed by atoms with Gasteiger partial charge >= 0.3 is 0 Å². The molecule has 1 saturated heterocycles. The van der Waals surface area contributed by atoms with Gasteiger partial charge in [0.15, 0.2) is 0 Å². The molecule has 3 atom stereocenters. The SMILES string of the molecule is C[C@@H]1[C@H]2Cc3ccc(N)c(N)c3[C@]1(C)CCN2CC1CC1. The van der Waals surface area contributed by atoms with Gasteiger partial charge in [0.1, 0.15) is 0 Å². The zero-order valence-corrected chi connectivity index (χ0v) is 13.2. The molecule has 1 aliphatic heterocycles. The molecule has 0 aromatic heterocycles. The maximum absolute atomic E-state index is 6.37.